The molecule has 0 radical (unpaired) electrons. The summed E-state index contributed by atoms with van der Waals surface area (Å²) >= 11 is 0. The highest BCUT2D eigenvalue weighted by molar-refractivity contribution is 4.88. The van der Waals surface area contributed by atoms with Crippen LogP contribution in [-0.4, -0.2) is 49.3 Å². The maximum Gasteiger partial charge on any atom is 0.0819 e. The van der Waals surface area contributed by atoms with Crippen LogP contribution in [0.1, 0.15) is 40.5 Å². The van der Waals surface area contributed by atoms with Gasteiger partial charge in [0.1, 0.15) is 0 Å². The van der Waals surface area contributed by atoms with Gasteiger partial charge in [-0.2, -0.15) is 0 Å². The monoisotopic (exact) mass is 228 g/mol. The smallest absolute Gasteiger partial charge is 0.0819 e. The number of morpholine rings is 1. The lowest BCUT2D eigenvalue weighted by molar-refractivity contribution is -0.0850. The second kappa shape index (κ2) is 6.58. The van der Waals surface area contributed by atoms with Crippen molar-refractivity contribution in [3.05, 3.63) is 0 Å². The van der Waals surface area contributed by atoms with Gasteiger partial charge in [-0.3, -0.25) is 0 Å². The predicted octanol–water partition coefficient (Wildman–Crippen LogP) is 1.88. The largest absolute Gasteiger partial charge is 0.372 e. The Morgan fingerprint density at radius 2 is 2.00 bits per heavy atom. The number of hydrogen-bond donors (Lipinski definition) is 1. The molecule has 2 atom stereocenters. The lowest BCUT2D eigenvalue weighted by atomic mass is 9.90. The van der Waals surface area contributed by atoms with Crippen LogP contribution < -0.4 is 5.32 Å². The number of rotatable bonds is 6. The summed E-state index contributed by atoms with van der Waals surface area (Å²) in [6.07, 6.45) is 2.24. The maximum atomic E-state index is 6.04. The van der Waals surface area contributed by atoms with Gasteiger partial charge in [0.05, 0.1) is 12.2 Å². The Morgan fingerprint density at radius 3 is 2.44 bits per heavy atom. The quantitative estimate of drug-likeness (QED) is 0.751. The highest BCUT2D eigenvalue weighted by Crippen LogP contribution is 2.25. The van der Waals surface area contributed by atoms with Crippen LogP contribution in [0.3, 0.4) is 0 Å². The first-order chi connectivity index (χ1) is 7.67. The molecule has 1 rings (SSSR count). The molecule has 0 aromatic carbocycles. The third kappa shape index (κ3) is 3.44. The van der Waals surface area contributed by atoms with Crippen molar-refractivity contribution in [2.45, 2.75) is 52.2 Å². The fourth-order valence-corrected chi connectivity index (χ4v) is 2.72. The molecule has 96 valence electrons. The summed E-state index contributed by atoms with van der Waals surface area (Å²) in [4.78, 5) is 2.51. The molecule has 0 spiro atoms. The average Bonchev–Trinajstić information content (AvgIpc) is 2.32. The fraction of sp³-hybridized carbons (Fsp3) is 1.00. The van der Waals surface area contributed by atoms with E-state index in [1.54, 1.807) is 0 Å². The van der Waals surface area contributed by atoms with Crippen molar-refractivity contribution in [2.24, 2.45) is 0 Å². The van der Waals surface area contributed by atoms with Crippen LogP contribution in [0.2, 0.25) is 0 Å². The van der Waals surface area contributed by atoms with Gasteiger partial charge in [-0.25, -0.2) is 0 Å². The van der Waals surface area contributed by atoms with Crippen LogP contribution in [0.4, 0.5) is 0 Å². The molecule has 2 unspecified atom stereocenters. The first-order valence-electron chi connectivity index (χ1n) is 6.76. The third-order valence-corrected chi connectivity index (χ3v) is 3.88. The van der Waals surface area contributed by atoms with Crippen LogP contribution in [0, 0.1) is 0 Å². The highest BCUT2D eigenvalue weighted by atomic mass is 16.5. The molecule has 0 aromatic heterocycles. The Labute approximate surface area is 101 Å². The summed E-state index contributed by atoms with van der Waals surface area (Å²) < 4.78 is 6.04. The van der Waals surface area contributed by atoms with Crippen molar-refractivity contribution in [1.29, 1.82) is 0 Å². The van der Waals surface area contributed by atoms with Crippen molar-refractivity contribution in [3.63, 3.8) is 0 Å². The molecule has 1 N–H and O–H groups in total. The molecule has 3 heteroatoms. The van der Waals surface area contributed by atoms with E-state index in [2.05, 4.69) is 37.9 Å². The zero-order chi connectivity index (χ0) is 12.0. The molecular weight excluding hydrogens is 200 g/mol. The first kappa shape index (κ1) is 13.9. The molecule has 1 saturated heterocycles. The molecule has 0 amide bonds. The Kier molecular flexibility index (Phi) is 5.73. The van der Waals surface area contributed by atoms with Crippen molar-refractivity contribution >= 4 is 0 Å². The second-order valence-corrected chi connectivity index (χ2v) is 4.84. The third-order valence-electron chi connectivity index (χ3n) is 3.88. The minimum atomic E-state index is 0.0697. The minimum absolute atomic E-state index is 0.0697. The van der Waals surface area contributed by atoms with Crippen LogP contribution >= 0.6 is 0 Å². The molecule has 0 aromatic rings. The summed E-state index contributed by atoms with van der Waals surface area (Å²) in [6.45, 7) is 14.2. The molecule has 1 aliphatic heterocycles. The standard InChI is InChI=1S/C13H28N2O/c1-5-13(11-14-8-9-16-13)10-12(4)15(6-2)7-3/h12,14H,5-11H2,1-4H3. The van der Waals surface area contributed by atoms with Gasteiger partial charge in [0.15, 0.2) is 0 Å². The number of nitrogens with zero attached hydrogens (tertiary/aromatic N) is 1. The van der Waals surface area contributed by atoms with Gasteiger partial charge in [-0.15, -0.1) is 0 Å². The highest BCUT2D eigenvalue weighted by Gasteiger charge is 2.33. The number of nitrogens with one attached hydrogen (secondary N) is 1. The Bertz CT molecular complexity index is 186. The molecule has 1 heterocycles. The molecular formula is C13H28N2O. The zero-order valence-electron chi connectivity index (χ0n) is 11.4. The lowest BCUT2D eigenvalue weighted by Gasteiger charge is -2.41. The van der Waals surface area contributed by atoms with Crippen LogP contribution in [-0.2, 0) is 4.74 Å². The molecule has 0 bridgehead atoms. The number of hydrogen-bond acceptors (Lipinski definition) is 3. The summed E-state index contributed by atoms with van der Waals surface area (Å²) in [5.74, 6) is 0. The zero-order valence-corrected chi connectivity index (χ0v) is 11.4. The molecule has 0 saturated carbocycles. The van der Waals surface area contributed by atoms with Crippen molar-refractivity contribution < 1.29 is 4.74 Å². The topological polar surface area (TPSA) is 24.5 Å². The van der Waals surface area contributed by atoms with Gasteiger partial charge in [-0.1, -0.05) is 20.8 Å². The van der Waals surface area contributed by atoms with E-state index in [1.165, 1.54) is 0 Å². The molecule has 16 heavy (non-hydrogen) atoms. The van der Waals surface area contributed by atoms with E-state index >= 15 is 0 Å². The van der Waals surface area contributed by atoms with Gasteiger partial charge < -0.3 is 15.0 Å². The molecule has 3 nitrogen and oxygen atoms in total. The fourth-order valence-electron chi connectivity index (χ4n) is 2.72. The minimum Gasteiger partial charge on any atom is -0.372 e. The lowest BCUT2D eigenvalue weighted by Crippen LogP contribution is -2.52. The van der Waals surface area contributed by atoms with Crippen LogP contribution in [0.5, 0.6) is 0 Å². The maximum absolute atomic E-state index is 6.04. The second-order valence-electron chi connectivity index (χ2n) is 4.84. The van der Waals surface area contributed by atoms with Crippen LogP contribution in [0.15, 0.2) is 0 Å². The van der Waals surface area contributed by atoms with Gasteiger partial charge >= 0.3 is 0 Å². The Morgan fingerprint density at radius 1 is 1.31 bits per heavy atom. The molecule has 1 fully saturated rings. The van der Waals surface area contributed by atoms with E-state index in [-0.39, 0.29) is 5.60 Å². The van der Waals surface area contributed by atoms with E-state index in [4.69, 9.17) is 4.74 Å². The van der Waals surface area contributed by atoms with Crippen molar-refractivity contribution in [3.8, 4) is 0 Å². The van der Waals surface area contributed by atoms with E-state index in [1.807, 2.05) is 0 Å². The van der Waals surface area contributed by atoms with E-state index in [0.29, 0.717) is 6.04 Å². The average molecular weight is 228 g/mol. The Hall–Kier alpha value is -0.120. The summed E-state index contributed by atoms with van der Waals surface area (Å²) in [5.41, 5.74) is 0.0697. The van der Waals surface area contributed by atoms with E-state index in [0.717, 1.165) is 45.6 Å². The van der Waals surface area contributed by atoms with Crippen LogP contribution in [0.25, 0.3) is 0 Å². The first-order valence-corrected chi connectivity index (χ1v) is 6.76. The number of ether oxygens (including phenoxy) is 1. The molecule has 1 aliphatic rings. The van der Waals surface area contributed by atoms with Gasteiger partial charge in [-0.05, 0) is 32.9 Å². The van der Waals surface area contributed by atoms with Crippen molar-refractivity contribution in [2.75, 3.05) is 32.8 Å². The normalized spacial score (nSPS) is 28.3. The Balaban J connectivity index is 2.54. The summed E-state index contributed by atoms with van der Waals surface area (Å²) in [6, 6.07) is 0.606. The molecule has 0 aliphatic carbocycles. The van der Waals surface area contributed by atoms with E-state index in [9.17, 15) is 0 Å². The van der Waals surface area contributed by atoms with Gasteiger partial charge in [0.2, 0.25) is 0 Å². The van der Waals surface area contributed by atoms with Gasteiger partial charge in [0.25, 0.3) is 0 Å². The van der Waals surface area contributed by atoms with Crippen molar-refractivity contribution in [1.82, 2.24) is 10.2 Å². The SMILES string of the molecule is CCN(CC)C(C)CC1(CC)CNCCO1. The predicted molar refractivity (Wildman–Crippen MR) is 68.8 cm³/mol. The summed E-state index contributed by atoms with van der Waals surface area (Å²) in [7, 11) is 0. The van der Waals surface area contributed by atoms with Gasteiger partial charge in [0, 0.05) is 19.1 Å². The summed E-state index contributed by atoms with van der Waals surface area (Å²) in [5, 5.41) is 3.46. The van der Waals surface area contributed by atoms with E-state index < -0.39 is 0 Å².